The van der Waals surface area contributed by atoms with E-state index in [-0.39, 0.29) is 17.3 Å². The fraction of sp³-hybridized carbons (Fsp3) is 0.190. The highest BCUT2D eigenvalue weighted by molar-refractivity contribution is 5.95. The molecule has 1 heterocycles. The number of fused-ring (bicyclic) bond motifs is 1. The summed E-state index contributed by atoms with van der Waals surface area (Å²) in [6.45, 7) is -0.460. The number of aromatic nitrogens is 2. The van der Waals surface area contributed by atoms with Crippen LogP contribution < -0.4 is 5.32 Å². The number of esters is 1. The van der Waals surface area contributed by atoms with E-state index in [1.54, 1.807) is 16.8 Å². The summed E-state index contributed by atoms with van der Waals surface area (Å²) >= 11 is 0. The van der Waals surface area contributed by atoms with Gasteiger partial charge < -0.3 is 15.2 Å². The number of aromatic hydroxyl groups is 1. The van der Waals surface area contributed by atoms with E-state index >= 15 is 0 Å². The van der Waals surface area contributed by atoms with Gasteiger partial charge in [0.05, 0.1) is 5.69 Å². The number of nitrogens with zero attached hydrogens (tertiary/aromatic N) is 2. The number of rotatable bonds is 5. The number of carbonyl (C=O) groups is 2. The monoisotopic (exact) mass is 395 g/mol. The molecule has 3 aromatic rings. The molecule has 0 radical (unpaired) electrons. The largest absolute Gasteiger partial charge is 0.508 e. The maximum absolute atomic E-state index is 13.2. The minimum atomic E-state index is -0.676. The molecule has 1 aliphatic rings. The van der Waals surface area contributed by atoms with Crippen molar-refractivity contribution >= 4 is 17.6 Å². The van der Waals surface area contributed by atoms with Gasteiger partial charge in [0, 0.05) is 16.9 Å². The fourth-order valence-electron chi connectivity index (χ4n) is 3.34. The number of ether oxygens (including phenoxy) is 1. The first-order chi connectivity index (χ1) is 14.0. The highest BCUT2D eigenvalue weighted by atomic mass is 19.1. The molecule has 8 heteroatoms. The van der Waals surface area contributed by atoms with E-state index in [2.05, 4.69) is 10.4 Å². The van der Waals surface area contributed by atoms with Gasteiger partial charge in [0.25, 0.3) is 5.91 Å². The lowest BCUT2D eigenvalue weighted by atomic mass is 10.2. The third-order valence-electron chi connectivity index (χ3n) is 4.68. The Morgan fingerprint density at radius 2 is 1.83 bits per heavy atom. The molecular formula is C21H18FN3O4. The molecule has 0 atom stereocenters. The Kier molecular flexibility index (Phi) is 4.99. The Morgan fingerprint density at radius 3 is 2.55 bits per heavy atom. The molecule has 7 nitrogen and oxygen atoms in total. The first-order valence-electron chi connectivity index (χ1n) is 9.14. The number of anilines is 1. The summed E-state index contributed by atoms with van der Waals surface area (Å²) in [5, 5.41) is 16.2. The molecule has 0 aliphatic heterocycles. The van der Waals surface area contributed by atoms with E-state index in [1.807, 2.05) is 0 Å². The second-order valence-electron chi connectivity index (χ2n) is 6.69. The molecule has 2 N–H and O–H groups in total. The number of halogens is 1. The number of amides is 1. The van der Waals surface area contributed by atoms with Crippen molar-refractivity contribution in [3.63, 3.8) is 0 Å². The summed E-state index contributed by atoms with van der Waals surface area (Å²) in [7, 11) is 0. The van der Waals surface area contributed by atoms with Crippen LogP contribution in [0.25, 0.3) is 5.69 Å². The van der Waals surface area contributed by atoms with Crippen molar-refractivity contribution in [2.75, 3.05) is 11.9 Å². The normalized spacial score (nSPS) is 12.4. The van der Waals surface area contributed by atoms with Crippen molar-refractivity contribution < 1.29 is 23.8 Å². The number of hydrogen-bond acceptors (Lipinski definition) is 5. The lowest BCUT2D eigenvalue weighted by molar-refractivity contribution is -0.119. The molecule has 4 rings (SSSR count). The Morgan fingerprint density at radius 1 is 1.10 bits per heavy atom. The lowest BCUT2D eigenvalue weighted by Gasteiger charge is -2.06. The summed E-state index contributed by atoms with van der Waals surface area (Å²) < 4.78 is 20.0. The molecule has 0 spiro atoms. The van der Waals surface area contributed by atoms with E-state index in [0.717, 1.165) is 24.1 Å². The van der Waals surface area contributed by atoms with Gasteiger partial charge in [-0.2, -0.15) is 5.10 Å². The predicted octanol–water partition coefficient (Wildman–Crippen LogP) is 3.00. The van der Waals surface area contributed by atoms with Crippen molar-refractivity contribution in [2.45, 2.75) is 19.3 Å². The van der Waals surface area contributed by atoms with Crippen molar-refractivity contribution in [2.24, 2.45) is 0 Å². The minimum absolute atomic E-state index is 0.0834. The van der Waals surface area contributed by atoms with Gasteiger partial charge in [-0.3, -0.25) is 4.79 Å². The van der Waals surface area contributed by atoms with Gasteiger partial charge in [-0.05, 0) is 67.8 Å². The van der Waals surface area contributed by atoms with Crippen molar-refractivity contribution in [3.05, 3.63) is 71.3 Å². The molecule has 0 saturated heterocycles. The van der Waals surface area contributed by atoms with Crippen LogP contribution in [0.5, 0.6) is 5.75 Å². The minimum Gasteiger partial charge on any atom is -0.508 e. The highest BCUT2D eigenvalue weighted by Gasteiger charge is 2.28. The summed E-state index contributed by atoms with van der Waals surface area (Å²) in [5.74, 6) is -1.44. The quantitative estimate of drug-likeness (QED) is 0.512. The molecular weight excluding hydrogens is 377 g/mol. The van der Waals surface area contributed by atoms with Gasteiger partial charge >= 0.3 is 5.97 Å². The maximum Gasteiger partial charge on any atom is 0.359 e. The fourth-order valence-corrected chi connectivity index (χ4v) is 3.34. The van der Waals surface area contributed by atoms with Crippen LogP contribution in [-0.4, -0.2) is 33.4 Å². The summed E-state index contributed by atoms with van der Waals surface area (Å²) in [4.78, 5) is 24.5. The topological polar surface area (TPSA) is 93.5 Å². The smallest absolute Gasteiger partial charge is 0.359 e. The van der Waals surface area contributed by atoms with E-state index in [1.165, 1.54) is 36.4 Å². The molecule has 0 saturated carbocycles. The average molecular weight is 395 g/mol. The standard InChI is InChI=1S/C21H18FN3O4/c22-13-4-8-15(9-5-13)25-18-3-1-2-17(18)20(24-25)21(28)29-12-19(27)23-14-6-10-16(26)11-7-14/h4-11,26H,1-3,12H2,(H,23,27). The number of phenolic OH excluding ortho intramolecular Hbond substituents is 1. The third-order valence-corrected chi connectivity index (χ3v) is 4.68. The van der Waals surface area contributed by atoms with Crippen LogP contribution in [-0.2, 0) is 22.4 Å². The van der Waals surface area contributed by atoms with Gasteiger partial charge in [-0.1, -0.05) is 0 Å². The number of hydrogen-bond donors (Lipinski definition) is 2. The Hall–Kier alpha value is -3.68. The maximum atomic E-state index is 13.2. The van der Waals surface area contributed by atoms with Gasteiger partial charge in [0.1, 0.15) is 11.6 Å². The Labute approximate surface area is 165 Å². The second kappa shape index (κ2) is 7.75. The summed E-state index contributed by atoms with van der Waals surface area (Å²) in [6.07, 6.45) is 2.34. The molecule has 0 unspecified atom stereocenters. The first kappa shape index (κ1) is 18.7. The summed E-state index contributed by atoms with van der Waals surface area (Å²) in [6, 6.07) is 11.8. The molecule has 1 aromatic heterocycles. The van der Waals surface area contributed by atoms with Crippen molar-refractivity contribution in [3.8, 4) is 11.4 Å². The molecule has 0 bridgehead atoms. The predicted molar refractivity (Wildman–Crippen MR) is 103 cm³/mol. The van der Waals surface area contributed by atoms with Crippen LogP contribution in [0.15, 0.2) is 48.5 Å². The zero-order chi connectivity index (χ0) is 20.4. The zero-order valence-electron chi connectivity index (χ0n) is 15.4. The van der Waals surface area contributed by atoms with Crippen LogP contribution in [0.1, 0.15) is 28.2 Å². The van der Waals surface area contributed by atoms with Crippen LogP contribution in [0.2, 0.25) is 0 Å². The van der Waals surface area contributed by atoms with Crippen molar-refractivity contribution in [1.82, 2.24) is 9.78 Å². The van der Waals surface area contributed by atoms with Gasteiger partial charge in [0.2, 0.25) is 0 Å². The van der Waals surface area contributed by atoms with Gasteiger partial charge in [-0.15, -0.1) is 0 Å². The van der Waals surface area contributed by atoms with E-state index < -0.39 is 18.5 Å². The molecule has 1 amide bonds. The number of nitrogens with one attached hydrogen (secondary N) is 1. The van der Waals surface area contributed by atoms with E-state index in [0.29, 0.717) is 17.8 Å². The van der Waals surface area contributed by atoms with Crippen molar-refractivity contribution in [1.29, 1.82) is 0 Å². The lowest BCUT2D eigenvalue weighted by Crippen LogP contribution is -2.21. The van der Waals surface area contributed by atoms with E-state index in [4.69, 9.17) is 4.74 Å². The molecule has 1 aliphatic carbocycles. The van der Waals surface area contributed by atoms with Crippen LogP contribution in [0.3, 0.4) is 0 Å². The Bertz CT molecular complexity index is 1060. The van der Waals surface area contributed by atoms with Crippen LogP contribution in [0, 0.1) is 5.82 Å². The van der Waals surface area contributed by atoms with Crippen LogP contribution in [0.4, 0.5) is 10.1 Å². The first-order valence-corrected chi connectivity index (χ1v) is 9.14. The van der Waals surface area contributed by atoms with Gasteiger partial charge in [-0.25, -0.2) is 13.9 Å². The third kappa shape index (κ3) is 3.96. The summed E-state index contributed by atoms with van der Waals surface area (Å²) in [5.41, 5.74) is 3.02. The Balaban J connectivity index is 1.46. The average Bonchev–Trinajstić information content (AvgIpc) is 3.31. The second-order valence-corrected chi connectivity index (χ2v) is 6.69. The van der Waals surface area contributed by atoms with Crippen LogP contribution >= 0.6 is 0 Å². The number of phenols is 1. The molecule has 148 valence electrons. The molecule has 0 fully saturated rings. The zero-order valence-corrected chi connectivity index (χ0v) is 15.4. The number of carbonyl (C=O) groups excluding carboxylic acids is 2. The molecule has 2 aromatic carbocycles. The molecule has 29 heavy (non-hydrogen) atoms. The number of benzene rings is 2. The SMILES string of the molecule is O=C(COC(=O)c1nn(-c2ccc(F)cc2)c2c1CCC2)Nc1ccc(O)cc1. The highest BCUT2D eigenvalue weighted by Crippen LogP contribution is 2.28. The van der Waals surface area contributed by atoms with Gasteiger partial charge in [0.15, 0.2) is 12.3 Å². The van der Waals surface area contributed by atoms with E-state index in [9.17, 15) is 19.1 Å².